The summed E-state index contributed by atoms with van der Waals surface area (Å²) in [6.07, 6.45) is 2.37. The fraction of sp³-hybridized carbons (Fsp3) is 0.818. The molecule has 0 bridgehead atoms. The minimum atomic E-state index is -0.288. The number of hydrogen-bond donors (Lipinski definition) is 0. The average Bonchev–Trinajstić information content (AvgIpc) is 2.66. The SMILES string of the molecule is CCOC(=O)C1CCCC1C(=O)OCC. The topological polar surface area (TPSA) is 52.6 Å². The van der Waals surface area contributed by atoms with Crippen LogP contribution in [0.5, 0.6) is 0 Å². The van der Waals surface area contributed by atoms with Crippen LogP contribution in [0.4, 0.5) is 0 Å². The lowest BCUT2D eigenvalue weighted by Gasteiger charge is -2.16. The summed E-state index contributed by atoms with van der Waals surface area (Å²) in [4.78, 5) is 23.1. The van der Waals surface area contributed by atoms with Gasteiger partial charge in [-0.3, -0.25) is 9.59 Å². The molecule has 1 rings (SSSR count). The standard InChI is InChI=1S/C11H18O4/c1-3-14-10(12)8-6-5-7-9(8)11(13)15-4-2/h8-9H,3-7H2,1-2H3. The highest BCUT2D eigenvalue weighted by Crippen LogP contribution is 2.33. The van der Waals surface area contributed by atoms with E-state index in [1.807, 2.05) is 0 Å². The molecule has 1 aliphatic carbocycles. The summed E-state index contributed by atoms with van der Waals surface area (Å²) < 4.78 is 9.88. The van der Waals surface area contributed by atoms with Crippen molar-refractivity contribution in [2.75, 3.05) is 13.2 Å². The Morgan fingerprint density at radius 2 is 1.40 bits per heavy atom. The Morgan fingerprint density at radius 3 is 1.73 bits per heavy atom. The zero-order valence-electron chi connectivity index (χ0n) is 9.32. The Morgan fingerprint density at radius 1 is 1.00 bits per heavy atom. The quantitative estimate of drug-likeness (QED) is 0.666. The van der Waals surface area contributed by atoms with Crippen molar-refractivity contribution in [3.05, 3.63) is 0 Å². The number of esters is 2. The van der Waals surface area contributed by atoms with Crippen LogP contribution < -0.4 is 0 Å². The maximum Gasteiger partial charge on any atom is 0.309 e. The molecule has 0 aromatic rings. The zero-order valence-corrected chi connectivity index (χ0v) is 9.32. The van der Waals surface area contributed by atoms with E-state index in [1.165, 1.54) is 0 Å². The van der Waals surface area contributed by atoms with E-state index in [0.717, 1.165) is 19.3 Å². The van der Waals surface area contributed by atoms with Crippen LogP contribution in [0.25, 0.3) is 0 Å². The van der Waals surface area contributed by atoms with E-state index in [1.54, 1.807) is 13.8 Å². The molecular weight excluding hydrogens is 196 g/mol. The summed E-state index contributed by atoms with van der Waals surface area (Å²) in [5.41, 5.74) is 0. The predicted molar refractivity (Wildman–Crippen MR) is 54.1 cm³/mol. The van der Waals surface area contributed by atoms with Gasteiger partial charge in [0.15, 0.2) is 0 Å². The first kappa shape index (κ1) is 12.0. The normalized spacial score (nSPS) is 24.9. The van der Waals surface area contributed by atoms with E-state index in [0.29, 0.717) is 13.2 Å². The molecule has 2 unspecified atom stereocenters. The maximum absolute atomic E-state index is 11.5. The third kappa shape index (κ3) is 2.94. The van der Waals surface area contributed by atoms with Gasteiger partial charge in [0, 0.05) is 0 Å². The monoisotopic (exact) mass is 214 g/mol. The van der Waals surface area contributed by atoms with Gasteiger partial charge in [-0.05, 0) is 26.7 Å². The van der Waals surface area contributed by atoms with Gasteiger partial charge >= 0.3 is 11.9 Å². The van der Waals surface area contributed by atoms with Gasteiger partial charge in [0.1, 0.15) is 0 Å². The van der Waals surface area contributed by atoms with Crippen LogP contribution in [0.2, 0.25) is 0 Å². The van der Waals surface area contributed by atoms with E-state index in [9.17, 15) is 9.59 Å². The number of ether oxygens (including phenoxy) is 2. The van der Waals surface area contributed by atoms with Crippen LogP contribution in [0, 0.1) is 11.8 Å². The first-order chi connectivity index (χ1) is 7.20. The molecule has 1 fully saturated rings. The molecule has 0 spiro atoms. The molecule has 1 aliphatic rings. The fourth-order valence-corrected chi connectivity index (χ4v) is 2.02. The van der Waals surface area contributed by atoms with Crippen molar-refractivity contribution in [2.45, 2.75) is 33.1 Å². The van der Waals surface area contributed by atoms with E-state index >= 15 is 0 Å². The van der Waals surface area contributed by atoms with Gasteiger partial charge in [0.2, 0.25) is 0 Å². The highest BCUT2D eigenvalue weighted by atomic mass is 16.5. The second kappa shape index (κ2) is 5.73. The summed E-state index contributed by atoms with van der Waals surface area (Å²) in [5.74, 6) is -1.09. The van der Waals surface area contributed by atoms with Gasteiger partial charge in [-0.2, -0.15) is 0 Å². The molecule has 0 saturated heterocycles. The molecule has 0 N–H and O–H groups in total. The van der Waals surface area contributed by atoms with E-state index in [2.05, 4.69) is 0 Å². The van der Waals surface area contributed by atoms with Crippen molar-refractivity contribution < 1.29 is 19.1 Å². The summed E-state index contributed by atoms with van der Waals surface area (Å²) in [6, 6.07) is 0. The largest absolute Gasteiger partial charge is 0.466 e. The second-order valence-corrected chi connectivity index (χ2v) is 3.65. The molecule has 15 heavy (non-hydrogen) atoms. The highest BCUT2D eigenvalue weighted by molar-refractivity contribution is 5.82. The van der Waals surface area contributed by atoms with Crippen molar-refractivity contribution in [1.29, 1.82) is 0 Å². The molecule has 4 nitrogen and oxygen atoms in total. The minimum Gasteiger partial charge on any atom is -0.466 e. The Bertz CT molecular complexity index is 213. The Kier molecular flexibility index (Phi) is 4.59. The second-order valence-electron chi connectivity index (χ2n) is 3.65. The number of carbonyl (C=O) groups is 2. The first-order valence-corrected chi connectivity index (χ1v) is 5.54. The smallest absolute Gasteiger partial charge is 0.309 e. The summed E-state index contributed by atoms with van der Waals surface area (Å²) in [5, 5.41) is 0. The van der Waals surface area contributed by atoms with Gasteiger partial charge in [0.25, 0.3) is 0 Å². The Balaban J connectivity index is 2.56. The van der Waals surface area contributed by atoms with Gasteiger partial charge in [0.05, 0.1) is 25.0 Å². The Labute approximate surface area is 89.9 Å². The highest BCUT2D eigenvalue weighted by Gasteiger charge is 2.39. The minimum absolute atomic E-state index is 0.256. The summed E-state index contributed by atoms with van der Waals surface area (Å²) in [6.45, 7) is 4.27. The van der Waals surface area contributed by atoms with Crippen LogP contribution in [0.1, 0.15) is 33.1 Å². The fourth-order valence-electron chi connectivity index (χ4n) is 2.02. The number of hydrogen-bond acceptors (Lipinski definition) is 4. The third-order valence-electron chi connectivity index (χ3n) is 2.69. The van der Waals surface area contributed by atoms with Gasteiger partial charge in [-0.15, -0.1) is 0 Å². The predicted octanol–water partition coefficient (Wildman–Crippen LogP) is 1.53. The van der Waals surface area contributed by atoms with Crippen LogP contribution in [-0.4, -0.2) is 25.2 Å². The molecule has 2 atom stereocenters. The van der Waals surface area contributed by atoms with Gasteiger partial charge in [-0.1, -0.05) is 6.42 Å². The molecule has 0 aliphatic heterocycles. The van der Waals surface area contributed by atoms with E-state index in [-0.39, 0.29) is 23.8 Å². The van der Waals surface area contributed by atoms with Crippen molar-refractivity contribution in [3.8, 4) is 0 Å². The lowest BCUT2D eigenvalue weighted by atomic mass is 9.96. The lowest BCUT2D eigenvalue weighted by molar-refractivity contribution is -0.158. The van der Waals surface area contributed by atoms with Crippen molar-refractivity contribution in [3.63, 3.8) is 0 Å². The van der Waals surface area contributed by atoms with E-state index < -0.39 is 0 Å². The van der Waals surface area contributed by atoms with Crippen LogP contribution >= 0.6 is 0 Å². The average molecular weight is 214 g/mol. The molecule has 0 heterocycles. The van der Waals surface area contributed by atoms with Crippen molar-refractivity contribution in [1.82, 2.24) is 0 Å². The first-order valence-electron chi connectivity index (χ1n) is 5.54. The zero-order chi connectivity index (χ0) is 11.3. The molecule has 0 radical (unpaired) electrons. The number of carbonyl (C=O) groups excluding carboxylic acids is 2. The van der Waals surface area contributed by atoms with Crippen LogP contribution in [0.15, 0.2) is 0 Å². The molecule has 0 amide bonds. The van der Waals surface area contributed by atoms with Gasteiger partial charge < -0.3 is 9.47 Å². The molecule has 4 heteroatoms. The van der Waals surface area contributed by atoms with Gasteiger partial charge in [-0.25, -0.2) is 0 Å². The van der Waals surface area contributed by atoms with E-state index in [4.69, 9.17) is 9.47 Å². The molecule has 1 saturated carbocycles. The van der Waals surface area contributed by atoms with Crippen molar-refractivity contribution in [2.24, 2.45) is 11.8 Å². The lowest BCUT2D eigenvalue weighted by Crippen LogP contribution is -2.28. The summed E-state index contributed by atoms with van der Waals surface area (Å²) >= 11 is 0. The Hall–Kier alpha value is -1.06. The maximum atomic E-state index is 11.5. The number of rotatable bonds is 4. The van der Waals surface area contributed by atoms with Crippen LogP contribution in [0.3, 0.4) is 0 Å². The molecule has 0 aromatic carbocycles. The molecule has 86 valence electrons. The van der Waals surface area contributed by atoms with Crippen molar-refractivity contribution >= 4 is 11.9 Å². The van der Waals surface area contributed by atoms with Crippen LogP contribution in [-0.2, 0) is 19.1 Å². The molecular formula is C11H18O4. The third-order valence-corrected chi connectivity index (χ3v) is 2.69. The summed E-state index contributed by atoms with van der Waals surface area (Å²) in [7, 11) is 0. The molecule has 0 aromatic heterocycles.